The Morgan fingerprint density at radius 3 is 2.40 bits per heavy atom. The first-order chi connectivity index (χ1) is 7.13. The van der Waals surface area contributed by atoms with Crippen LogP contribution in [-0.2, 0) is 9.59 Å². The van der Waals surface area contributed by atoms with Gasteiger partial charge >= 0.3 is 0 Å². The highest BCUT2D eigenvalue weighted by Gasteiger charge is 2.08. The van der Waals surface area contributed by atoms with E-state index >= 15 is 0 Å². The van der Waals surface area contributed by atoms with Gasteiger partial charge in [0.15, 0.2) is 0 Å². The predicted octanol–water partition coefficient (Wildman–Crippen LogP) is 1.46. The van der Waals surface area contributed by atoms with Crippen LogP contribution in [0, 0.1) is 0 Å². The summed E-state index contributed by atoms with van der Waals surface area (Å²) >= 11 is 0. The number of allylic oxidation sites excluding steroid dienone is 1. The molecule has 0 aromatic heterocycles. The van der Waals surface area contributed by atoms with Gasteiger partial charge in [0, 0.05) is 12.0 Å². The molecule has 0 spiro atoms. The third-order valence-electron chi connectivity index (χ3n) is 2.26. The van der Waals surface area contributed by atoms with E-state index in [9.17, 15) is 9.59 Å². The van der Waals surface area contributed by atoms with Gasteiger partial charge in [-0.15, -0.1) is 0 Å². The summed E-state index contributed by atoms with van der Waals surface area (Å²) in [4.78, 5) is 21.4. The van der Waals surface area contributed by atoms with Crippen LogP contribution in [-0.4, -0.2) is 12.2 Å². The number of rotatable bonds is 7. The van der Waals surface area contributed by atoms with E-state index in [1.807, 2.05) is 13.8 Å². The number of nitrogens with two attached hydrogens (primary N) is 1. The second-order valence-corrected chi connectivity index (χ2v) is 3.72. The van der Waals surface area contributed by atoms with Crippen molar-refractivity contribution < 1.29 is 9.59 Å². The summed E-state index contributed by atoms with van der Waals surface area (Å²) in [6, 6.07) is 0. The van der Waals surface area contributed by atoms with Gasteiger partial charge in [0.05, 0.1) is 0 Å². The molecule has 0 unspecified atom stereocenters. The van der Waals surface area contributed by atoms with Crippen LogP contribution < -0.4 is 11.3 Å². The second-order valence-electron chi connectivity index (χ2n) is 3.72. The number of amides is 1. The summed E-state index contributed by atoms with van der Waals surface area (Å²) in [6.45, 7) is 3.80. The molecule has 86 valence electrons. The first-order valence-corrected chi connectivity index (χ1v) is 5.24. The van der Waals surface area contributed by atoms with Gasteiger partial charge in [0.2, 0.25) is 0 Å². The Morgan fingerprint density at radius 1 is 1.27 bits per heavy atom. The normalized spacial score (nSPS) is 9.53. The molecule has 0 aliphatic carbocycles. The molecule has 0 aromatic rings. The molecule has 0 bridgehead atoms. The summed E-state index contributed by atoms with van der Waals surface area (Å²) < 4.78 is 0. The van der Waals surface area contributed by atoms with Crippen molar-refractivity contribution in [1.29, 1.82) is 0 Å². The van der Waals surface area contributed by atoms with Gasteiger partial charge < -0.3 is 4.79 Å². The Kier molecular flexibility index (Phi) is 7.54. The maximum Gasteiger partial charge on any atom is 0.261 e. The van der Waals surface area contributed by atoms with E-state index in [1.165, 1.54) is 0 Å². The van der Waals surface area contributed by atoms with Crippen LogP contribution in [0.2, 0.25) is 0 Å². The molecule has 4 heteroatoms. The van der Waals surface area contributed by atoms with Crippen molar-refractivity contribution in [2.45, 2.75) is 46.0 Å². The molecule has 3 N–H and O–H groups in total. The highest BCUT2D eigenvalue weighted by atomic mass is 16.2. The number of hydrazine groups is 1. The highest BCUT2D eigenvalue weighted by Crippen LogP contribution is 2.13. The molecule has 0 radical (unpaired) electrons. The minimum atomic E-state index is -0.203. The quantitative estimate of drug-likeness (QED) is 0.168. The smallest absolute Gasteiger partial charge is 0.261 e. The van der Waals surface area contributed by atoms with Crippen molar-refractivity contribution in [2.24, 2.45) is 5.84 Å². The van der Waals surface area contributed by atoms with E-state index in [4.69, 9.17) is 5.84 Å². The lowest BCUT2D eigenvalue weighted by atomic mass is 10.0. The lowest BCUT2D eigenvalue weighted by Crippen LogP contribution is -2.31. The van der Waals surface area contributed by atoms with Crippen molar-refractivity contribution in [1.82, 2.24) is 5.43 Å². The van der Waals surface area contributed by atoms with Gasteiger partial charge in [-0.3, -0.25) is 10.2 Å². The van der Waals surface area contributed by atoms with E-state index in [0.717, 1.165) is 43.1 Å². The Balaban J connectivity index is 3.95. The lowest BCUT2D eigenvalue weighted by Gasteiger charge is -2.07. The summed E-state index contributed by atoms with van der Waals surface area (Å²) in [5, 5.41) is 0. The van der Waals surface area contributed by atoms with Crippen molar-refractivity contribution in [2.75, 3.05) is 0 Å². The number of hydrogen-bond acceptors (Lipinski definition) is 3. The van der Waals surface area contributed by atoms with Crippen molar-refractivity contribution in [3.63, 3.8) is 0 Å². The third-order valence-corrected chi connectivity index (χ3v) is 2.26. The van der Waals surface area contributed by atoms with E-state index in [1.54, 1.807) is 0 Å². The molecule has 1 amide bonds. The summed E-state index contributed by atoms with van der Waals surface area (Å²) in [6.07, 6.45) is 5.03. The molecular formula is C11H20N2O2. The van der Waals surface area contributed by atoms with Crippen LogP contribution in [0.3, 0.4) is 0 Å². The minimum absolute atomic E-state index is 0.203. The zero-order valence-electron chi connectivity index (χ0n) is 9.51. The Hall–Kier alpha value is -1.16. The average Bonchev–Trinajstić information content (AvgIpc) is 2.22. The first kappa shape index (κ1) is 13.8. The molecule has 4 nitrogen and oxygen atoms in total. The van der Waals surface area contributed by atoms with Crippen LogP contribution in [0.5, 0.6) is 0 Å². The molecule has 0 aliphatic rings. The molecule has 15 heavy (non-hydrogen) atoms. The van der Waals surface area contributed by atoms with Crippen molar-refractivity contribution in [3.8, 4) is 0 Å². The largest absolute Gasteiger partial charge is 0.303 e. The fourth-order valence-electron chi connectivity index (χ4n) is 1.38. The number of carbonyl (C=O) groups is 2. The fourth-order valence-corrected chi connectivity index (χ4v) is 1.38. The maximum atomic E-state index is 11.3. The molecule has 0 aliphatic heterocycles. The molecule has 0 saturated carbocycles. The maximum absolute atomic E-state index is 11.3. The number of hydrogen-bond donors (Lipinski definition) is 2. The first-order valence-electron chi connectivity index (χ1n) is 5.24. The number of unbranched alkanes of at least 4 members (excludes halogenated alkanes) is 3. The highest BCUT2D eigenvalue weighted by molar-refractivity contribution is 5.93. The fraction of sp³-hybridized carbons (Fsp3) is 0.636. The zero-order valence-corrected chi connectivity index (χ0v) is 9.51. The van der Waals surface area contributed by atoms with Gasteiger partial charge in [0.1, 0.15) is 6.29 Å². The van der Waals surface area contributed by atoms with Gasteiger partial charge in [-0.25, -0.2) is 5.84 Å². The molecule has 0 rings (SSSR count). The molecule has 0 fully saturated rings. The summed E-state index contributed by atoms with van der Waals surface area (Å²) in [5.41, 5.74) is 3.89. The molecule has 0 heterocycles. The standard InChI is InChI=1S/C11H20N2O2/c1-9(2)10(11(15)13-12)7-5-3-4-6-8-14/h8H,3-7,12H2,1-2H3,(H,13,15). The molecule has 0 atom stereocenters. The van der Waals surface area contributed by atoms with Crippen molar-refractivity contribution in [3.05, 3.63) is 11.1 Å². The van der Waals surface area contributed by atoms with Crippen LogP contribution in [0.25, 0.3) is 0 Å². The third kappa shape index (κ3) is 6.01. The second kappa shape index (κ2) is 8.17. The van der Waals surface area contributed by atoms with Crippen LogP contribution >= 0.6 is 0 Å². The predicted molar refractivity (Wildman–Crippen MR) is 59.9 cm³/mol. The monoisotopic (exact) mass is 212 g/mol. The van der Waals surface area contributed by atoms with E-state index in [2.05, 4.69) is 5.43 Å². The summed E-state index contributed by atoms with van der Waals surface area (Å²) in [5.74, 6) is 4.88. The Morgan fingerprint density at radius 2 is 1.93 bits per heavy atom. The van der Waals surface area contributed by atoms with Crippen LogP contribution in [0.4, 0.5) is 0 Å². The molecular weight excluding hydrogens is 192 g/mol. The number of nitrogens with one attached hydrogen (secondary N) is 1. The van der Waals surface area contributed by atoms with Gasteiger partial charge in [-0.1, -0.05) is 12.0 Å². The SMILES string of the molecule is CC(C)=C(CCCCCC=O)C(=O)NN. The van der Waals surface area contributed by atoms with E-state index in [0.29, 0.717) is 6.42 Å². The Labute approximate surface area is 90.9 Å². The number of carbonyl (C=O) groups excluding carboxylic acids is 2. The van der Waals surface area contributed by atoms with E-state index < -0.39 is 0 Å². The van der Waals surface area contributed by atoms with Crippen LogP contribution in [0.15, 0.2) is 11.1 Å². The minimum Gasteiger partial charge on any atom is -0.303 e. The zero-order chi connectivity index (χ0) is 11.7. The summed E-state index contributed by atoms with van der Waals surface area (Å²) in [7, 11) is 0. The van der Waals surface area contributed by atoms with Crippen LogP contribution in [0.1, 0.15) is 46.0 Å². The lowest BCUT2D eigenvalue weighted by molar-refractivity contribution is -0.117. The Bertz CT molecular complexity index is 243. The van der Waals surface area contributed by atoms with Gasteiger partial charge in [-0.2, -0.15) is 0 Å². The molecule has 0 aromatic carbocycles. The average molecular weight is 212 g/mol. The van der Waals surface area contributed by atoms with E-state index in [-0.39, 0.29) is 5.91 Å². The van der Waals surface area contributed by atoms with Gasteiger partial charge in [-0.05, 0) is 33.1 Å². The van der Waals surface area contributed by atoms with Crippen molar-refractivity contribution >= 4 is 12.2 Å². The molecule has 0 saturated heterocycles. The topological polar surface area (TPSA) is 72.2 Å². The van der Waals surface area contributed by atoms with Gasteiger partial charge in [0.25, 0.3) is 5.91 Å². The number of aldehydes is 1.